The standard InChI is InChI=1S/C14H25N3O/c1-2-9-17-12-14(11-16-17)18-10-5-8-15-13-6-3-4-7-13/h11-13,15H,2-10H2,1H3. The van der Waals surface area contributed by atoms with Gasteiger partial charge in [0.25, 0.3) is 0 Å². The SMILES string of the molecule is CCCn1cc(OCCCNC2CCCC2)cn1. The summed E-state index contributed by atoms with van der Waals surface area (Å²) in [5.41, 5.74) is 0. The summed E-state index contributed by atoms with van der Waals surface area (Å²) < 4.78 is 7.61. The number of hydrogen-bond donors (Lipinski definition) is 1. The van der Waals surface area contributed by atoms with Gasteiger partial charge in [-0.05, 0) is 32.2 Å². The van der Waals surface area contributed by atoms with E-state index in [0.29, 0.717) is 0 Å². The van der Waals surface area contributed by atoms with Gasteiger partial charge in [-0.3, -0.25) is 4.68 Å². The van der Waals surface area contributed by atoms with Crippen LogP contribution in [0.3, 0.4) is 0 Å². The second-order valence-corrected chi connectivity index (χ2v) is 5.08. The molecule has 4 heteroatoms. The van der Waals surface area contributed by atoms with Crippen LogP contribution in [0.4, 0.5) is 0 Å². The van der Waals surface area contributed by atoms with Gasteiger partial charge in [0.15, 0.2) is 5.75 Å². The number of rotatable bonds is 8. The summed E-state index contributed by atoms with van der Waals surface area (Å²) in [6.45, 7) is 4.95. The zero-order valence-electron chi connectivity index (χ0n) is 11.4. The fourth-order valence-corrected chi connectivity index (χ4v) is 2.47. The predicted octanol–water partition coefficient (Wildman–Crippen LogP) is 2.59. The zero-order valence-corrected chi connectivity index (χ0v) is 11.4. The Hall–Kier alpha value is -1.03. The zero-order chi connectivity index (χ0) is 12.6. The first-order valence-electron chi connectivity index (χ1n) is 7.27. The van der Waals surface area contributed by atoms with Gasteiger partial charge in [0.2, 0.25) is 0 Å². The number of ether oxygens (including phenoxy) is 1. The van der Waals surface area contributed by atoms with E-state index in [4.69, 9.17) is 4.74 Å². The van der Waals surface area contributed by atoms with Crippen molar-refractivity contribution in [2.45, 2.75) is 58.0 Å². The van der Waals surface area contributed by atoms with Gasteiger partial charge < -0.3 is 10.1 Å². The fourth-order valence-electron chi connectivity index (χ4n) is 2.47. The molecule has 4 nitrogen and oxygen atoms in total. The van der Waals surface area contributed by atoms with Crippen LogP contribution < -0.4 is 10.1 Å². The topological polar surface area (TPSA) is 39.1 Å². The average Bonchev–Trinajstić information content (AvgIpc) is 3.01. The molecule has 0 amide bonds. The van der Waals surface area contributed by atoms with E-state index in [1.165, 1.54) is 25.7 Å². The van der Waals surface area contributed by atoms with Crippen molar-refractivity contribution in [3.63, 3.8) is 0 Å². The summed E-state index contributed by atoms with van der Waals surface area (Å²) in [6.07, 6.45) is 11.4. The summed E-state index contributed by atoms with van der Waals surface area (Å²) in [5.74, 6) is 0.893. The number of aryl methyl sites for hydroxylation is 1. The van der Waals surface area contributed by atoms with Crippen LogP contribution in [0.5, 0.6) is 5.75 Å². The summed E-state index contributed by atoms with van der Waals surface area (Å²) in [7, 11) is 0. The fraction of sp³-hybridized carbons (Fsp3) is 0.786. The van der Waals surface area contributed by atoms with Crippen molar-refractivity contribution in [2.24, 2.45) is 0 Å². The summed E-state index contributed by atoms with van der Waals surface area (Å²) in [5, 5.41) is 7.84. The molecule has 0 saturated heterocycles. The van der Waals surface area contributed by atoms with E-state index in [1.54, 1.807) is 6.20 Å². The molecule has 102 valence electrons. The van der Waals surface area contributed by atoms with Crippen molar-refractivity contribution in [2.75, 3.05) is 13.2 Å². The van der Waals surface area contributed by atoms with E-state index in [1.807, 2.05) is 10.9 Å². The Morgan fingerprint density at radius 1 is 1.44 bits per heavy atom. The van der Waals surface area contributed by atoms with Crippen LogP contribution in [0.25, 0.3) is 0 Å². The Balaban J connectivity index is 1.54. The van der Waals surface area contributed by atoms with Crippen molar-refractivity contribution in [1.82, 2.24) is 15.1 Å². The highest BCUT2D eigenvalue weighted by molar-refractivity contribution is 5.11. The molecule has 1 saturated carbocycles. The Kier molecular flexibility index (Phi) is 5.52. The van der Waals surface area contributed by atoms with Crippen molar-refractivity contribution in [1.29, 1.82) is 0 Å². The second kappa shape index (κ2) is 7.41. The first kappa shape index (κ1) is 13.4. The number of nitrogens with zero attached hydrogens (tertiary/aromatic N) is 2. The van der Waals surface area contributed by atoms with Crippen molar-refractivity contribution >= 4 is 0 Å². The molecular weight excluding hydrogens is 226 g/mol. The maximum absolute atomic E-state index is 5.67. The molecule has 1 aromatic heterocycles. The van der Waals surface area contributed by atoms with Gasteiger partial charge in [0, 0.05) is 12.6 Å². The van der Waals surface area contributed by atoms with Gasteiger partial charge in [-0.15, -0.1) is 0 Å². The third kappa shape index (κ3) is 4.33. The molecule has 1 heterocycles. The van der Waals surface area contributed by atoms with Crippen LogP contribution in [-0.4, -0.2) is 29.0 Å². The van der Waals surface area contributed by atoms with Gasteiger partial charge in [-0.25, -0.2) is 0 Å². The monoisotopic (exact) mass is 251 g/mol. The number of hydrogen-bond acceptors (Lipinski definition) is 3. The summed E-state index contributed by atoms with van der Waals surface area (Å²) in [4.78, 5) is 0. The molecule has 0 radical (unpaired) electrons. The number of nitrogens with one attached hydrogen (secondary N) is 1. The molecule has 1 aromatic rings. The van der Waals surface area contributed by atoms with Crippen LogP contribution in [0.2, 0.25) is 0 Å². The lowest BCUT2D eigenvalue weighted by Crippen LogP contribution is -2.27. The lowest BCUT2D eigenvalue weighted by Gasteiger charge is -2.11. The first-order chi connectivity index (χ1) is 8.88. The highest BCUT2D eigenvalue weighted by Gasteiger charge is 2.13. The molecular formula is C14H25N3O. The summed E-state index contributed by atoms with van der Waals surface area (Å²) in [6, 6.07) is 0.761. The van der Waals surface area contributed by atoms with E-state index in [-0.39, 0.29) is 0 Å². The first-order valence-corrected chi connectivity index (χ1v) is 7.27. The molecule has 1 fully saturated rings. The van der Waals surface area contributed by atoms with Crippen LogP contribution in [-0.2, 0) is 6.54 Å². The molecule has 2 rings (SSSR count). The predicted molar refractivity (Wildman–Crippen MR) is 72.9 cm³/mol. The molecule has 0 unspecified atom stereocenters. The average molecular weight is 251 g/mol. The van der Waals surface area contributed by atoms with Gasteiger partial charge in [0.1, 0.15) is 0 Å². The van der Waals surface area contributed by atoms with Crippen molar-refractivity contribution in [3.8, 4) is 5.75 Å². The minimum atomic E-state index is 0.761. The minimum absolute atomic E-state index is 0.761. The lowest BCUT2D eigenvalue weighted by atomic mass is 10.2. The van der Waals surface area contributed by atoms with Gasteiger partial charge in [-0.1, -0.05) is 19.8 Å². The van der Waals surface area contributed by atoms with Crippen LogP contribution in [0, 0.1) is 0 Å². The van der Waals surface area contributed by atoms with Crippen LogP contribution in [0.1, 0.15) is 45.4 Å². The van der Waals surface area contributed by atoms with E-state index in [0.717, 1.165) is 44.3 Å². The Morgan fingerprint density at radius 3 is 3.06 bits per heavy atom. The second-order valence-electron chi connectivity index (χ2n) is 5.08. The molecule has 0 bridgehead atoms. The molecule has 1 N–H and O–H groups in total. The van der Waals surface area contributed by atoms with Crippen molar-refractivity contribution < 1.29 is 4.74 Å². The normalized spacial score (nSPS) is 16.3. The van der Waals surface area contributed by atoms with Gasteiger partial charge >= 0.3 is 0 Å². The Morgan fingerprint density at radius 2 is 2.28 bits per heavy atom. The highest BCUT2D eigenvalue weighted by Crippen LogP contribution is 2.17. The van der Waals surface area contributed by atoms with Crippen molar-refractivity contribution in [3.05, 3.63) is 12.4 Å². The van der Waals surface area contributed by atoms with E-state index >= 15 is 0 Å². The Labute approximate surface area is 110 Å². The number of aromatic nitrogens is 2. The quantitative estimate of drug-likeness (QED) is 0.722. The lowest BCUT2D eigenvalue weighted by molar-refractivity contribution is 0.304. The molecule has 1 aliphatic rings. The smallest absolute Gasteiger partial charge is 0.157 e. The van der Waals surface area contributed by atoms with Crippen LogP contribution >= 0.6 is 0 Å². The summed E-state index contributed by atoms with van der Waals surface area (Å²) >= 11 is 0. The van der Waals surface area contributed by atoms with Crippen LogP contribution in [0.15, 0.2) is 12.4 Å². The Bertz CT molecular complexity index is 332. The third-order valence-corrected chi connectivity index (χ3v) is 3.44. The molecule has 18 heavy (non-hydrogen) atoms. The van der Waals surface area contributed by atoms with E-state index in [2.05, 4.69) is 17.3 Å². The highest BCUT2D eigenvalue weighted by atomic mass is 16.5. The van der Waals surface area contributed by atoms with E-state index in [9.17, 15) is 0 Å². The minimum Gasteiger partial charge on any atom is -0.490 e. The molecule has 0 aliphatic heterocycles. The molecule has 1 aliphatic carbocycles. The third-order valence-electron chi connectivity index (χ3n) is 3.44. The molecule has 0 spiro atoms. The van der Waals surface area contributed by atoms with Gasteiger partial charge in [-0.2, -0.15) is 5.10 Å². The largest absolute Gasteiger partial charge is 0.490 e. The van der Waals surface area contributed by atoms with Gasteiger partial charge in [0.05, 0.1) is 19.0 Å². The molecule has 0 atom stereocenters. The maximum atomic E-state index is 5.67. The molecule has 0 aromatic carbocycles. The maximum Gasteiger partial charge on any atom is 0.157 e. The van der Waals surface area contributed by atoms with E-state index < -0.39 is 0 Å².